The molecule has 0 heterocycles. The molecule has 0 saturated heterocycles. The van der Waals surface area contributed by atoms with Crippen LogP contribution in [0.1, 0.15) is 12.5 Å². The summed E-state index contributed by atoms with van der Waals surface area (Å²) in [5, 5.41) is 4.43. The van der Waals surface area contributed by atoms with Crippen LogP contribution in [-0.2, 0) is 4.84 Å². The third kappa shape index (κ3) is 6.10. The van der Waals surface area contributed by atoms with Gasteiger partial charge in [-0.3, -0.25) is 4.84 Å². The Morgan fingerprint density at radius 1 is 1.15 bits per heavy atom. The highest BCUT2D eigenvalue weighted by Gasteiger charge is 2.11. The van der Waals surface area contributed by atoms with Gasteiger partial charge in [-0.05, 0) is 67.8 Å². The van der Waals surface area contributed by atoms with Crippen molar-refractivity contribution in [2.75, 3.05) is 19.5 Å². The first-order chi connectivity index (χ1) is 12.9. The quantitative estimate of drug-likeness (QED) is 0.450. The van der Waals surface area contributed by atoms with Crippen molar-refractivity contribution in [1.82, 2.24) is 5.06 Å². The molecule has 2 aromatic carbocycles. The second-order valence-electron chi connectivity index (χ2n) is 5.51. The normalized spacial score (nSPS) is 11.0. The van der Waals surface area contributed by atoms with Gasteiger partial charge in [-0.15, -0.1) is 0 Å². The lowest BCUT2D eigenvalue weighted by atomic mass is 10.2. The highest BCUT2D eigenvalue weighted by atomic mass is 35.5. The SMILES string of the molecule is CC#CC(Oc1ccc(NC(=O)N(C)OC)cc1)Oc1ccc(Cl)c(C)c1. The second kappa shape index (κ2) is 9.72. The van der Waals surface area contributed by atoms with Crippen molar-refractivity contribution in [2.24, 2.45) is 0 Å². The number of anilines is 1. The van der Waals surface area contributed by atoms with E-state index in [-0.39, 0.29) is 6.03 Å². The van der Waals surface area contributed by atoms with Crippen LogP contribution in [0.15, 0.2) is 42.5 Å². The molecule has 0 bridgehead atoms. The summed E-state index contributed by atoms with van der Waals surface area (Å²) in [6, 6.07) is 11.8. The second-order valence-corrected chi connectivity index (χ2v) is 5.91. The van der Waals surface area contributed by atoms with Gasteiger partial charge in [-0.25, -0.2) is 9.86 Å². The molecule has 27 heavy (non-hydrogen) atoms. The monoisotopic (exact) mass is 388 g/mol. The fourth-order valence-corrected chi connectivity index (χ4v) is 2.16. The van der Waals surface area contributed by atoms with Crippen molar-refractivity contribution in [3.05, 3.63) is 53.1 Å². The van der Waals surface area contributed by atoms with Crippen LogP contribution >= 0.6 is 11.6 Å². The van der Waals surface area contributed by atoms with Crippen LogP contribution in [-0.4, -0.2) is 31.5 Å². The summed E-state index contributed by atoms with van der Waals surface area (Å²) in [5.41, 5.74) is 1.50. The summed E-state index contributed by atoms with van der Waals surface area (Å²) >= 11 is 6.03. The van der Waals surface area contributed by atoms with Crippen LogP contribution in [0.25, 0.3) is 0 Å². The van der Waals surface area contributed by atoms with E-state index in [1.165, 1.54) is 14.2 Å². The number of amides is 2. The van der Waals surface area contributed by atoms with E-state index in [9.17, 15) is 4.79 Å². The molecule has 1 unspecified atom stereocenters. The molecule has 0 fully saturated rings. The van der Waals surface area contributed by atoms with Crippen LogP contribution in [0.5, 0.6) is 11.5 Å². The Balaban J connectivity index is 2.04. The topological polar surface area (TPSA) is 60.0 Å². The lowest BCUT2D eigenvalue weighted by molar-refractivity contribution is -0.0598. The van der Waals surface area contributed by atoms with Crippen LogP contribution in [0.2, 0.25) is 5.02 Å². The highest BCUT2D eigenvalue weighted by molar-refractivity contribution is 6.31. The number of hydrogen-bond donors (Lipinski definition) is 1. The molecule has 142 valence electrons. The standard InChI is InChI=1S/C20H21ClN2O4/c1-5-6-19(27-17-11-12-18(21)14(2)13-17)26-16-9-7-15(8-10-16)22-20(24)23(3)25-4/h7-13,19H,1-4H3,(H,22,24). The number of carbonyl (C=O) groups excluding carboxylic acids is 1. The minimum Gasteiger partial charge on any atom is -0.444 e. The molecular weight excluding hydrogens is 368 g/mol. The van der Waals surface area contributed by atoms with E-state index in [0.717, 1.165) is 10.6 Å². The molecule has 1 N–H and O–H groups in total. The average Bonchev–Trinajstić information content (AvgIpc) is 2.65. The van der Waals surface area contributed by atoms with E-state index >= 15 is 0 Å². The zero-order valence-corrected chi connectivity index (χ0v) is 16.3. The molecule has 2 rings (SSSR count). The Labute approximate surface area is 163 Å². The van der Waals surface area contributed by atoms with Gasteiger partial charge < -0.3 is 14.8 Å². The number of halogens is 1. The van der Waals surface area contributed by atoms with Gasteiger partial charge in [0.1, 0.15) is 11.5 Å². The molecule has 0 saturated carbocycles. The molecule has 0 aliphatic heterocycles. The number of hydrogen-bond acceptors (Lipinski definition) is 4. The molecule has 7 heteroatoms. The third-order valence-corrected chi connectivity index (χ3v) is 3.97. The van der Waals surface area contributed by atoms with E-state index in [1.54, 1.807) is 43.3 Å². The number of carbonyl (C=O) groups is 1. The van der Waals surface area contributed by atoms with Crippen molar-refractivity contribution >= 4 is 23.3 Å². The first-order valence-electron chi connectivity index (χ1n) is 8.13. The molecule has 0 aliphatic carbocycles. The number of nitrogens with one attached hydrogen (secondary N) is 1. The van der Waals surface area contributed by atoms with Gasteiger partial charge in [0.25, 0.3) is 0 Å². The number of nitrogens with zero attached hydrogens (tertiary/aromatic N) is 1. The zero-order chi connectivity index (χ0) is 19.8. The first kappa shape index (κ1) is 20.4. The van der Waals surface area contributed by atoms with Gasteiger partial charge in [0.05, 0.1) is 7.11 Å². The Hall–Kier alpha value is -2.88. The molecule has 6 nitrogen and oxygen atoms in total. The molecule has 0 aliphatic rings. The van der Waals surface area contributed by atoms with Gasteiger partial charge in [0.15, 0.2) is 0 Å². The van der Waals surface area contributed by atoms with Crippen molar-refractivity contribution < 1.29 is 19.1 Å². The molecule has 2 aromatic rings. The molecule has 0 radical (unpaired) electrons. The predicted octanol–water partition coefficient (Wildman–Crippen LogP) is 4.48. The highest BCUT2D eigenvalue weighted by Crippen LogP contribution is 2.23. The Morgan fingerprint density at radius 3 is 2.37 bits per heavy atom. The van der Waals surface area contributed by atoms with E-state index in [2.05, 4.69) is 17.2 Å². The lowest BCUT2D eigenvalue weighted by Gasteiger charge is -2.17. The van der Waals surface area contributed by atoms with Crippen molar-refractivity contribution in [3.8, 4) is 23.3 Å². The molecular formula is C20H21ClN2O4. The van der Waals surface area contributed by atoms with E-state index in [1.807, 2.05) is 13.0 Å². The van der Waals surface area contributed by atoms with Crippen molar-refractivity contribution in [3.63, 3.8) is 0 Å². The Morgan fingerprint density at radius 2 is 1.78 bits per heavy atom. The minimum atomic E-state index is -0.782. The average molecular weight is 389 g/mol. The number of benzene rings is 2. The van der Waals surface area contributed by atoms with Crippen LogP contribution in [0, 0.1) is 18.8 Å². The number of rotatable bonds is 6. The van der Waals surface area contributed by atoms with Gasteiger partial charge >= 0.3 is 12.3 Å². The Bertz CT molecular complexity index is 843. The number of ether oxygens (including phenoxy) is 2. The van der Waals surface area contributed by atoms with Crippen molar-refractivity contribution in [2.45, 2.75) is 20.1 Å². The van der Waals surface area contributed by atoms with Crippen LogP contribution in [0.3, 0.4) is 0 Å². The number of hydroxylamine groups is 2. The summed E-state index contributed by atoms with van der Waals surface area (Å²) in [5.74, 6) is 6.81. The maximum absolute atomic E-state index is 11.8. The summed E-state index contributed by atoms with van der Waals surface area (Å²) in [6.07, 6.45) is -0.782. The molecule has 0 aromatic heterocycles. The van der Waals surface area contributed by atoms with E-state index in [0.29, 0.717) is 22.2 Å². The molecule has 0 spiro atoms. The molecule has 2 amide bonds. The maximum Gasteiger partial charge on any atom is 0.345 e. The number of urea groups is 1. The lowest BCUT2D eigenvalue weighted by Crippen LogP contribution is -2.30. The first-order valence-corrected chi connectivity index (χ1v) is 8.51. The van der Waals surface area contributed by atoms with Crippen molar-refractivity contribution in [1.29, 1.82) is 0 Å². The summed E-state index contributed by atoms with van der Waals surface area (Å²) in [7, 11) is 2.92. The smallest absolute Gasteiger partial charge is 0.345 e. The fraction of sp³-hybridized carbons (Fsp3) is 0.250. The fourth-order valence-electron chi connectivity index (χ4n) is 2.04. The van der Waals surface area contributed by atoms with E-state index < -0.39 is 6.29 Å². The summed E-state index contributed by atoms with van der Waals surface area (Å²) in [4.78, 5) is 16.6. The number of aryl methyl sites for hydroxylation is 1. The zero-order valence-electron chi connectivity index (χ0n) is 15.6. The largest absolute Gasteiger partial charge is 0.444 e. The Kier molecular flexibility index (Phi) is 7.35. The summed E-state index contributed by atoms with van der Waals surface area (Å²) < 4.78 is 11.6. The maximum atomic E-state index is 11.8. The molecule has 1 atom stereocenters. The van der Waals surface area contributed by atoms with Gasteiger partial charge in [-0.1, -0.05) is 17.5 Å². The van der Waals surface area contributed by atoms with Gasteiger partial charge in [-0.2, -0.15) is 0 Å². The van der Waals surface area contributed by atoms with E-state index in [4.69, 9.17) is 25.9 Å². The van der Waals surface area contributed by atoms with Crippen LogP contribution < -0.4 is 14.8 Å². The van der Waals surface area contributed by atoms with Gasteiger partial charge in [0, 0.05) is 17.8 Å². The minimum absolute atomic E-state index is 0.387. The van der Waals surface area contributed by atoms with Gasteiger partial charge in [0.2, 0.25) is 0 Å². The summed E-state index contributed by atoms with van der Waals surface area (Å²) in [6.45, 7) is 3.60. The van der Waals surface area contributed by atoms with Crippen LogP contribution in [0.4, 0.5) is 10.5 Å². The third-order valence-electron chi connectivity index (χ3n) is 3.54. The predicted molar refractivity (Wildman–Crippen MR) is 105 cm³/mol.